The molecule has 1 aromatic heterocycles. The molecule has 4 N–H and O–H groups in total. The third-order valence-electron chi connectivity index (χ3n) is 6.50. The zero-order valence-corrected chi connectivity index (χ0v) is 25.7. The van der Waals surface area contributed by atoms with E-state index in [9.17, 15) is 29.4 Å². The van der Waals surface area contributed by atoms with Gasteiger partial charge in [0.15, 0.2) is 12.3 Å². The van der Waals surface area contributed by atoms with Crippen molar-refractivity contribution in [3.63, 3.8) is 0 Å². The van der Waals surface area contributed by atoms with Crippen LogP contribution in [0.4, 0.5) is 4.79 Å². The minimum Gasteiger partial charge on any atom is -0.455 e. The third kappa shape index (κ3) is 12.1. The molecule has 1 amide bonds. The number of rotatable bonds is 16. The van der Waals surface area contributed by atoms with Crippen LogP contribution in [0.15, 0.2) is 20.8 Å². The first-order chi connectivity index (χ1) is 19.5. The van der Waals surface area contributed by atoms with Gasteiger partial charge in [-0.2, -0.15) is 0 Å². The second kappa shape index (κ2) is 17.5. The minimum absolute atomic E-state index is 0.141. The Labute approximate surface area is 248 Å². The molecule has 232 valence electrons. The molecule has 0 spiro atoms. The molecule has 0 unspecified atom stereocenters. The van der Waals surface area contributed by atoms with Crippen LogP contribution in [-0.2, 0) is 19.0 Å². The Morgan fingerprint density at radius 3 is 2.29 bits per heavy atom. The molecule has 2 rings (SSSR count). The highest BCUT2D eigenvalue weighted by atomic mass is 79.9. The number of aliphatic hydroxyl groups is 2. The van der Waals surface area contributed by atoms with Crippen LogP contribution in [0.5, 0.6) is 0 Å². The first-order valence-corrected chi connectivity index (χ1v) is 15.1. The number of hydrogen-bond donors (Lipinski definition) is 4. The lowest BCUT2D eigenvalue weighted by atomic mass is 10.1. The van der Waals surface area contributed by atoms with Crippen molar-refractivity contribution in [1.29, 1.82) is 0 Å². The Morgan fingerprint density at radius 2 is 1.71 bits per heavy atom. The van der Waals surface area contributed by atoms with Crippen LogP contribution in [0.3, 0.4) is 0 Å². The number of H-pyrrole nitrogens is 1. The van der Waals surface area contributed by atoms with E-state index in [-0.39, 0.29) is 18.1 Å². The van der Waals surface area contributed by atoms with Gasteiger partial charge in [0.25, 0.3) is 5.56 Å². The fourth-order valence-electron chi connectivity index (χ4n) is 4.44. The molecule has 2 heterocycles. The number of amides is 1. The van der Waals surface area contributed by atoms with Gasteiger partial charge in [-0.25, -0.2) is 9.59 Å². The number of aromatic amines is 1. The van der Waals surface area contributed by atoms with Gasteiger partial charge in [0.2, 0.25) is 0 Å². The lowest BCUT2D eigenvalue weighted by molar-refractivity contribution is -0.159. The zero-order chi connectivity index (χ0) is 30.4. The minimum atomic E-state index is -1.35. The lowest BCUT2D eigenvalue weighted by Crippen LogP contribution is -2.41. The summed E-state index contributed by atoms with van der Waals surface area (Å²) < 4.78 is 17.4. The van der Waals surface area contributed by atoms with Crippen LogP contribution in [0.1, 0.15) is 96.8 Å². The van der Waals surface area contributed by atoms with E-state index in [0.717, 1.165) is 55.9 Å². The molecule has 12 nitrogen and oxygen atoms in total. The number of aromatic nitrogens is 2. The van der Waals surface area contributed by atoms with Crippen LogP contribution in [0.25, 0.3) is 6.08 Å². The van der Waals surface area contributed by atoms with Crippen molar-refractivity contribution < 1.29 is 34.0 Å². The summed E-state index contributed by atoms with van der Waals surface area (Å²) in [5.74, 6) is -0.542. The number of nitrogens with one attached hydrogen (secondary N) is 2. The molecule has 0 aromatic carbocycles. The summed E-state index contributed by atoms with van der Waals surface area (Å²) >= 11 is 3.08. The molecule has 13 heteroatoms. The van der Waals surface area contributed by atoms with Crippen molar-refractivity contribution >= 4 is 34.1 Å². The van der Waals surface area contributed by atoms with Gasteiger partial charge in [0, 0.05) is 19.2 Å². The van der Waals surface area contributed by atoms with E-state index < -0.39 is 54.0 Å². The fraction of sp³-hybridized carbons (Fsp3) is 0.714. The summed E-state index contributed by atoms with van der Waals surface area (Å²) in [6.45, 7) is 5.56. The van der Waals surface area contributed by atoms with Crippen molar-refractivity contribution in [3.05, 3.63) is 37.6 Å². The van der Waals surface area contributed by atoms with E-state index in [4.69, 9.17) is 14.2 Å². The molecule has 1 aliphatic heterocycles. The summed E-state index contributed by atoms with van der Waals surface area (Å²) in [6, 6.07) is 0. The second-order valence-corrected chi connectivity index (χ2v) is 11.6. The van der Waals surface area contributed by atoms with E-state index in [1.54, 1.807) is 0 Å². The molecule has 1 fully saturated rings. The summed E-state index contributed by atoms with van der Waals surface area (Å²) in [5, 5.41) is 22.9. The quantitative estimate of drug-likeness (QED) is 0.155. The molecule has 0 saturated carbocycles. The van der Waals surface area contributed by atoms with Crippen molar-refractivity contribution in [2.75, 3.05) is 13.2 Å². The number of halogens is 1. The molecule has 0 bridgehead atoms. The van der Waals surface area contributed by atoms with Crippen molar-refractivity contribution in [3.8, 4) is 0 Å². The Hall–Kier alpha value is -2.48. The SMILES string of the molecule is CC(C)(C)OC(=O)NCCCCCCCCCCCC(=O)O[C@H]1[C@H](O)[C@@H](CO)O[C@H]1n1cc(/C=C/Br)c(=O)[nH]c1=O. The summed E-state index contributed by atoms with van der Waals surface area (Å²) in [5.41, 5.74) is -1.75. The van der Waals surface area contributed by atoms with Gasteiger partial charge >= 0.3 is 17.8 Å². The largest absolute Gasteiger partial charge is 0.455 e. The van der Waals surface area contributed by atoms with Crippen LogP contribution in [-0.4, -0.2) is 68.9 Å². The normalized spacial score (nSPS) is 20.8. The van der Waals surface area contributed by atoms with E-state index >= 15 is 0 Å². The Bertz CT molecular complexity index is 1110. The predicted octanol–water partition coefficient (Wildman–Crippen LogP) is 3.49. The zero-order valence-electron chi connectivity index (χ0n) is 24.1. The molecular formula is C28H44BrN3O9. The van der Waals surface area contributed by atoms with E-state index in [1.807, 2.05) is 20.8 Å². The number of unbranched alkanes of at least 4 members (excludes halogenated alkanes) is 8. The number of carbonyl (C=O) groups excluding carboxylic acids is 2. The molecule has 0 aliphatic carbocycles. The van der Waals surface area contributed by atoms with E-state index in [0.29, 0.717) is 13.0 Å². The van der Waals surface area contributed by atoms with E-state index in [2.05, 4.69) is 26.2 Å². The maximum Gasteiger partial charge on any atom is 0.407 e. The number of alkyl carbamates (subject to hydrolysis) is 1. The monoisotopic (exact) mass is 645 g/mol. The van der Waals surface area contributed by atoms with Gasteiger partial charge in [0.05, 0.1) is 12.2 Å². The molecular weight excluding hydrogens is 602 g/mol. The molecule has 1 aliphatic rings. The van der Waals surface area contributed by atoms with Crippen molar-refractivity contribution in [1.82, 2.24) is 14.9 Å². The summed E-state index contributed by atoms with van der Waals surface area (Å²) in [7, 11) is 0. The standard InChI is InChI=1S/C28H44BrN3O9/c1-28(2,3)41-27(38)30-16-12-10-8-6-4-5-7-9-11-13-21(34)40-23-22(35)20(18-33)39-25(23)32-17-19(14-15-29)24(36)31-26(32)37/h14-15,17,20,22-23,25,33,35H,4-13,16,18H2,1-3H3,(H,30,38)(H,31,36,37)/b15-14+/t20-,22-,23+,25-/m1/s1. The van der Waals surface area contributed by atoms with Gasteiger partial charge in [-0.3, -0.25) is 19.1 Å². The lowest BCUT2D eigenvalue weighted by Gasteiger charge is -2.22. The van der Waals surface area contributed by atoms with Gasteiger partial charge < -0.3 is 29.7 Å². The fourth-order valence-corrected chi connectivity index (χ4v) is 4.73. The molecule has 41 heavy (non-hydrogen) atoms. The Balaban J connectivity index is 1.68. The summed E-state index contributed by atoms with van der Waals surface area (Å²) in [4.78, 5) is 52.2. The predicted molar refractivity (Wildman–Crippen MR) is 157 cm³/mol. The molecule has 4 atom stereocenters. The maximum absolute atomic E-state index is 12.5. The number of hydrogen-bond acceptors (Lipinski definition) is 9. The highest BCUT2D eigenvalue weighted by molar-refractivity contribution is 9.11. The van der Waals surface area contributed by atoms with Crippen LogP contribution in [0.2, 0.25) is 0 Å². The molecule has 1 aromatic rings. The van der Waals surface area contributed by atoms with Crippen molar-refractivity contribution in [2.24, 2.45) is 0 Å². The topological polar surface area (TPSA) is 169 Å². The highest BCUT2D eigenvalue weighted by Gasteiger charge is 2.47. The van der Waals surface area contributed by atoms with E-state index in [1.165, 1.54) is 17.3 Å². The molecule has 1 saturated heterocycles. The number of carbonyl (C=O) groups is 2. The van der Waals surface area contributed by atoms with Gasteiger partial charge in [-0.1, -0.05) is 60.9 Å². The second-order valence-electron chi connectivity index (χ2n) is 11.1. The number of aliphatic hydroxyl groups excluding tert-OH is 2. The Morgan fingerprint density at radius 1 is 1.10 bits per heavy atom. The van der Waals surface area contributed by atoms with Gasteiger partial charge in [-0.05, 0) is 44.7 Å². The average molecular weight is 647 g/mol. The Kier molecular flexibility index (Phi) is 14.8. The highest BCUT2D eigenvalue weighted by Crippen LogP contribution is 2.31. The van der Waals surface area contributed by atoms with Crippen LogP contribution in [0, 0.1) is 0 Å². The van der Waals surface area contributed by atoms with Gasteiger partial charge in [0.1, 0.15) is 17.8 Å². The maximum atomic E-state index is 12.5. The van der Waals surface area contributed by atoms with Crippen LogP contribution < -0.4 is 16.6 Å². The number of ether oxygens (including phenoxy) is 3. The van der Waals surface area contributed by atoms with Crippen LogP contribution >= 0.6 is 15.9 Å². The average Bonchev–Trinajstić information content (AvgIpc) is 3.20. The molecule has 0 radical (unpaired) electrons. The first kappa shape index (κ1) is 34.7. The third-order valence-corrected chi connectivity index (χ3v) is 6.76. The summed E-state index contributed by atoms with van der Waals surface area (Å²) in [6.07, 6.45) is 6.32. The number of nitrogens with zero attached hydrogens (tertiary/aromatic N) is 1. The smallest absolute Gasteiger partial charge is 0.407 e. The van der Waals surface area contributed by atoms with Crippen molar-refractivity contribution in [2.45, 2.75) is 115 Å². The first-order valence-electron chi connectivity index (χ1n) is 14.2. The number of esters is 1. The van der Waals surface area contributed by atoms with Gasteiger partial charge in [-0.15, -0.1) is 0 Å².